The minimum atomic E-state index is -0.681. The molecule has 0 spiro atoms. The molecule has 1 aromatic rings. The summed E-state index contributed by atoms with van der Waals surface area (Å²) < 4.78 is 26.9. The molecule has 2 N–H and O–H groups in total. The molecule has 0 aromatic carbocycles. The highest BCUT2D eigenvalue weighted by atomic mass is 19.1. The molecule has 1 atom stereocenters. The first-order valence-electron chi connectivity index (χ1n) is 5.95. The van der Waals surface area contributed by atoms with E-state index in [2.05, 4.69) is 15.6 Å². The Balaban J connectivity index is 2.84. The second-order valence-electron chi connectivity index (χ2n) is 4.49. The van der Waals surface area contributed by atoms with Gasteiger partial charge in [0.15, 0.2) is 23.3 Å². The average Bonchev–Trinajstić information content (AvgIpc) is 2.24. The minimum Gasteiger partial charge on any atom is -0.368 e. The zero-order chi connectivity index (χ0) is 13.7. The Hall–Kier alpha value is -1.43. The lowest BCUT2D eigenvalue weighted by Gasteiger charge is -2.19. The van der Waals surface area contributed by atoms with Gasteiger partial charge in [-0.3, -0.25) is 0 Å². The predicted octanol–water partition coefficient (Wildman–Crippen LogP) is 2.15. The van der Waals surface area contributed by atoms with Crippen LogP contribution < -0.4 is 10.6 Å². The van der Waals surface area contributed by atoms with Gasteiger partial charge in [-0.05, 0) is 27.9 Å². The zero-order valence-corrected chi connectivity index (χ0v) is 11.2. The van der Waals surface area contributed by atoms with Crippen molar-refractivity contribution in [3.05, 3.63) is 17.7 Å². The zero-order valence-electron chi connectivity index (χ0n) is 11.2. The van der Waals surface area contributed by atoms with Gasteiger partial charge < -0.3 is 15.5 Å². The van der Waals surface area contributed by atoms with E-state index in [4.69, 9.17) is 0 Å². The highest BCUT2D eigenvalue weighted by Crippen LogP contribution is 2.19. The van der Waals surface area contributed by atoms with Crippen LogP contribution in [0, 0.1) is 11.6 Å². The molecule has 0 aliphatic carbocycles. The van der Waals surface area contributed by atoms with Crippen LogP contribution in [0.5, 0.6) is 0 Å². The van der Waals surface area contributed by atoms with Crippen LogP contribution in [0.25, 0.3) is 0 Å². The van der Waals surface area contributed by atoms with Gasteiger partial charge in [-0.1, -0.05) is 0 Å². The van der Waals surface area contributed by atoms with Gasteiger partial charge in [0.2, 0.25) is 0 Å². The van der Waals surface area contributed by atoms with Gasteiger partial charge in [-0.15, -0.1) is 0 Å². The maximum Gasteiger partial charge on any atom is 0.168 e. The van der Waals surface area contributed by atoms with Crippen molar-refractivity contribution >= 4 is 11.6 Å². The van der Waals surface area contributed by atoms with Crippen LogP contribution in [0.2, 0.25) is 0 Å². The van der Waals surface area contributed by atoms with E-state index in [1.54, 1.807) is 0 Å². The average molecular weight is 258 g/mol. The minimum absolute atomic E-state index is 0.0157. The molecule has 1 rings (SSSR count). The van der Waals surface area contributed by atoms with Crippen LogP contribution >= 0.6 is 0 Å². The van der Waals surface area contributed by atoms with Crippen molar-refractivity contribution in [2.45, 2.75) is 19.9 Å². The van der Waals surface area contributed by atoms with Gasteiger partial charge >= 0.3 is 0 Å². The first-order chi connectivity index (χ1) is 8.43. The Bertz CT molecular complexity index is 396. The summed E-state index contributed by atoms with van der Waals surface area (Å²) >= 11 is 0. The highest BCUT2D eigenvalue weighted by Gasteiger charge is 2.13. The van der Waals surface area contributed by atoms with Crippen LogP contribution in [0.1, 0.15) is 13.8 Å². The molecule has 0 aliphatic heterocycles. The molecule has 18 heavy (non-hydrogen) atoms. The van der Waals surface area contributed by atoms with E-state index in [1.165, 1.54) is 0 Å². The Labute approximate surface area is 106 Å². The molecular weight excluding hydrogens is 238 g/mol. The fraction of sp³-hybridized carbons (Fsp3) is 0.583. The number of rotatable bonds is 6. The number of likely N-dealkylation sites (N-methyl/N-ethyl adjacent to an activating group) is 1. The monoisotopic (exact) mass is 258 g/mol. The van der Waals surface area contributed by atoms with E-state index in [0.29, 0.717) is 6.54 Å². The SMILES string of the molecule is CCNc1nc(NC(C)CN(C)C)c(F)cc1F. The summed E-state index contributed by atoms with van der Waals surface area (Å²) in [5.74, 6) is -1.22. The second kappa shape index (κ2) is 6.49. The van der Waals surface area contributed by atoms with Gasteiger partial charge in [-0.25, -0.2) is 13.8 Å². The Kier molecular flexibility index (Phi) is 5.27. The highest BCUT2D eigenvalue weighted by molar-refractivity contribution is 5.47. The summed E-state index contributed by atoms with van der Waals surface area (Å²) in [6.07, 6.45) is 0. The second-order valence-corrected chi connectivity index (χ2v) is 4.49. The fourth-order valence-electron chi connectivity index (χ4n) is 1.69. The molecule has 6 heteroatoms. The van der Waals surface area contributed by atoms with Crippen molar-refractivity contribution in [2.75, 3.05) is 37.8 Å². The summed E-state index contributed by atoms with van der Waals surface area (Å²) in [5, 5.41) is 5.69. The standard InChI is InChI=1S/C12H20F2N4/c1-5-15-11-9(13)6-10(14)12(17-11)16-8(2)7-18(3)4/h6,8H,5,7H2,1-4H3,(H2,15,16,17). The number of aromatic nitrogens is 1. The number of halogens is 2. The molecule has 0 saturated carbocycles. The van der Waals surface area contributed by atoms with Crippen molar-refractivity contribution in [1.29, 1.82) is 0 Å². The van der Waals surface area contributed by atoms with Crippen LogP contribution in [-0.2, 0) is 0 Å². The number of hydrogen-bond acceptors (Lipinski definition) is 4. The summed E-state index contributed by atoms with van der Waals surface area (Å²) in [7, 11) is 3.85. The number of hydrogen-bond donors (Lipinski definition) is 2. The molecule has 1 aromatic heterocycles. The maximum atomic E-state index is 13.6. The fourth-order valence-corrected chi connectivity index (χ4v) is 1.69. The smallest absolute Gasteiger partial charge is 0.168 e. The van der Waals surface area contributed by atoms with E-state index in [-0.39, 0.29) is 17.7 Å². The number of anilines is 2. The topological polar surface area (TPSA) is 40.2 Å². The predicted molar refractivity (Wildman–Crippen MR) is 70.0 cm³/mol. The lowest BCUT2D eigenvalue weighted by atomic mass is 10.3. The summed E-state index contributed by atoms with van der Waals surface area (Å²) in [6.45, 7) is 5.00. The normalized spacial score (nSPS) is 12.6. The molecule has 0 bridgehead atoms. The Morgan fingerprint density at radius 2 is 1.89 bits per heavy atom. The van der Waals surface area contributed by atoms with Gasteiger partial charge in [0.05, 0.1) is 0 Å². The molecule has 4 nitrogen and oxygen atoms in total. The lowest BCUT2D eigenvalue weighted by Crippen LogP contribution is -2.30. The molecule has 1 heterocycles. The van der Waals surface area contributed by atoms with Gasteiger partial charge in [0, 0.05) is 25.2 Å². The first-order valence-corrected chi connectivity index (χ1v) is 5.95. The quantitative estimate of drug-likeness (QED) is 0.820. The lowest BCUT2D eigenvalue weighted by molar-refractivity contribution is 0.391. The molecule has 0 saturated heterocycles. The van der Waals surface area contributed by atoms with Crippen molar-refractivity contribution in [3.63, 3.8) is 0 Å². The van der Waals surface area contributed by atoms with Crippen molar-refractivity contribution in [3.8, 4) is 0 Å². The van der Waals surface area contributed by atoms with Crippen LogP contribution in [0.15, 0.2) is 6.07 Å². The summed E-state index contributed by atoms with van der Waals surface area (Å²) in [4.78, 5) is 5.89. The largest absolute Gasteiger partial charge is 0.368 e. The van der Waals surface area contributed by atoms with Crippen LogP contribution in [0.4, 0.5) is 20.4 Å². The Morgan fingerprint density at radius 1 is 1.28 bits per heavy atom. The van der Waals surface area contributed by atoms with E-state index in [9.17, 15) is 8.78 Å². The Morgan fingerprint density at radius 3 is 2.44 bits per heavy atom. The molecule has 0 amide bonds. The molecule has 0 radical (unpaired) electrons. The van der Waals surface area contributed by atoms with Crippen molar-refractivity contribution in [2.24, 2.45) is 0 Å². The third-order valence-electron chi connectivity index (χ3n) is 2.30. The molecule has 102 valence electrons. The third-order valence-corrected chi connectivity index (χ3v) is 2.30. The van der Waals surface area contributed by atoms with E-state index >= 15 is 0 Å². The van der Waals surface area contributed by atoms with Gasteiger partial charge in [0.25, 0.3) is 0 Å². The number of pyridine rings is 1. The van der Waals surface area contributed by atoms with Crippen molar-refractivity contribution < 1.29 is 8.78 Å². The molecular formula is C12H20F2N4. The number of nitrogens with zero attached hydrogens (tertiary/aromatic N) is 2. The maximum absolute atomic E-state index is 13.6. The van der Waals surface area contributed by atoms with Gasteiger partial charge in [-0.2, -0.15) is 0 Å². The summed E-state index contributed by atoms with van der Waals surface area (Å²) in [5.41, 5.74) is 0. The molecule has 1 unspecified atom stereocenters. The van der Waals surface area contributed by atoms with E-state index < -0.39 is 11.6 Å². The number of nitrogens with one attached hydrogen (secondary N) is 2. The van der Waals surface area contributed by atoms with Crippen LogP contribution in [0.3, 0.4) is 0 Å². The van der Waals surface area contributed by atoms with E-state index in [1.807, 2.05) is 32.8 Å². The van der Waals surface area contributed by atoms with Crippen molar-refractivity contribution in [1.82, 2.24) is 9.88 Å². The first kappa shape index (κ1) is 14.6. The molecule has 0 aliphatic rings. The van der Waals surface area contributed by atoms with Crippen LogP contribution in [-0.4, -0.2) is 43.1 Å². The van der Waals surface area contributed by atoms with E-state index in [0.717, 1.165) is 12.6 Å². The third kappa shape index (κ3) is 4.10. The molecule has 0 fully saturated rings. The summed E-state index contributed by atoms with van der Waals surface area (Å²) in [6, 6.07) is 0.859. The van der Waals surface area contributed by atoms with Gasteiger partial charge in [0.1, 0.15) is 0 Å².